The summed E-state index contributed by atoms with van der Waals surface area (Å²) in [6, 6.07) is 18.6. The van der Waals surface area contributed by atoms with Crippen LogP contribution in [0.5, 0.6) is 0 Å². The molecule has 0 N–H and O–H groups in total. The Labute approximate surface area is 176 Å². The van der Waals surface area contributed by atoms with Crippen molar-refractivity contribution in [3.63, 3.8) is 0 Å². The van der Waals surface area contributed by atoms with Crippen molar-refractivity contribution in [3.8, 4) is 11.1 Å². The summed E-state index contributed by atoms with van der Waals surface area (Å²) in [6.45, 7) is 0.611. The minimum atomic E-state index is -0.329. The molecular weight excluding hydrogens is 393 g/mol. The maximum atomic E-state index is 14.7. The van der Waals surface area contributed by atoms with Crippen molar-refractivity contribution in [1.82, 2.24) is 24.5 Å². The number of nitrogens with zero attached hydrogens (tertiary/aromatic N) is 5. The number of hydrogen-bond donors (Lipinski definition) is 0. The summed E-state index contributed by atoms with van der Waals surface area (Å²) >= 11 is 0. The standard InChI is InChI=1S/C24H16FN5O/c25-20-6-3-15(16-4-7-21-17(10-16)2-1-9-26-21)11-19(20)13-29-12-18-5-8-22-28-27-14-30(22)23(18)24(29)31/h1-11,14H,12-13H2. The van der Waals surface area contributed by atoms with Crippen LogP contribution in [0.1, 0.15) is 21.6 Å². The Bertz CT molecular complexity index is 1490. The SMILES string of the molecule is O=C1c2c(ccc3nncn23)CN1Cc1cc(-c2ccc3ncccc3c2)ccc1F. The summed E-state index contributed by atoms with van der Waals surface area (Å²) in [4.78, 5) is 19.0. The third kappa shape index (κ3) is 2.85. The number of amides is 1. The second-order valence-corrected chi connectivity index (χ2v) is 7.64. The average molecular weight is 409 g/mol. The van der Waals surface area contributed by atoms with Gasteiger partial charge in [0.25, 0.3) is 5.91 Å². The first-order chi connectivity index (χ1) is 15.2. The number of carbonyl (C=O) groups is 1. The highest BCUT2D eigenvalue weighted by atomic mass is 19.1. The van der Waals surface area contributed by atoms with E-state index < -0.39 is 0 Å². The number of hydrogen-bond acceptors (Lipinski definition) is 4. The third-order valence-corrected chi connectivity index (χ3v) is 5.75. The van der Waals surface area contributed by atoms with Crippen LogP contribution in [0.3, 0.4) is 0 Å². The lowest BCUT2D eigenvalue weighted by molar-refractivity contribution is 0.0760. The van der Waals surface area contributed by atoms with Crippen LogP contribution in [0.4, 0.5) is 4.39 Å². The molecule has 0 fully saturated rings. The number of aromatic nitrogens is 4. The van der Waals surface area contributed by atoms with E-state index in [0.717, 1.165) is 27.6 Å². The lowest BCUT2D eigenvalue weighted by Crippen LogP contribution is -2.24. The highest BCUT2D eigenvalue weighted by Gasteiger charge is 2.30. The minimum Gasteiger partial charge on any atom is -0.329 e. The normalized spacial score (nSPS) is 13.3. The number of carbonyl (C=O) groups excluding carboxylic acids is 1. The molecule has 2 aromatic carbocycles. The molecule has 4 heterocycles. The van der Waals surface area contributed by atoms with Gasteiger partial charge in [-0.15, -0.1) is 10.2 Å². The van der Waals surface area contributed by atoms with Crippen molar-refractivity contribution in [2.75, 3.05) is 0 Å². The molecule has 0 radical (unpaired) electrons. The topological polar surface area (TPSA) is 63.4 Å². The van der Waals surface area contributed by atoms with E-state index in [2.05, 4.69) is 15.2 Å². The quantitative estimate of drug-likeness (QED) is 0.447. The second-order valence-electron chi connectivity index (χ2n) is 7.64. The number of benzene rings is 2. The summed E-state index contributed by atoms with van der Waals surface area (Å²) in [5.41, 5.74) is 5.31. The maximum absolute atomic E-state index is 14.7. The Balaban J connectivity index is 1.34. The van der Waals surface area contributed by atoms with E-state index in [1.165, 1.54) is 12.4 Å². The molecule has 150 valence electrons. The van der Waals surface area contributed by atoms with Crippen LogP contribution < -0.4 is 0 Å². The first-order valence-electron chi connectivity index (χ1n) is 9.92. The first-order valence-corrected chi connectivity index (χ1v) is 9.92. The van der Waals surface area contributed by atoms with Crippen LogP contribution in [0.25, 0.3) is 27.7 Å². The van der Waals surface area contributed by atoms with Gasteiger partial charge in [0, 0.05) is 35.8 Å². The predicted octanol–water partition coefficient (Wildman–Crippen LogP) is 4.24. The molecule has 0 aliphatic carbocycles. The fourth-order valence-electron chi connectivity index (χ4n) is 4.20. The van der Waals surface area contributed by atoms with Gasteiger partial charge in [-0.05, 0) is 47.5 Å². The van der Waals surface area contributed by atoms with Crippen molar-refractivity contribution in [3.05, 3.63) is 95.8 Å². The summed E-state index contributed by atoms with van der Waals surface area (Å²) in [5, 5.41) is 8.90. The third-order valence-electron chi connectivity index (χ3n) is 5.75. The average Bonchev–Trinajstić information content (AvgIpc) is 3.39. The van der Waals surface area contributed by atoms with E-state index in [-0.39, 0.29) is 18.3 Å². The fourth-order valence-corrected chi connectivity index (χ4v) is 4.20. The van der Waals surface area contributed by atoms with Gasteiger partial charge < -0.3 is 4.90 Å². The van der Waals surface area contributed by atoms with Gasteiger partial charge in [-0.1, -0.05) is 24.3 Å². The fraction of sp³-hybridized carbons (Fsp3) is 0.0833. The molecule has 1 aliphatic rings. The zero-order chi connectivity index (χ0) is 20.9. The number of fused-ring (bicyclic) bond motifs is 4. The van der Waals surface area contributed by atoms with Gasteiger partial charge in [0.2, 0.25) is 0 Å². The van der Waals surface area contributed by atoms with Crippen LogP contribution in [0, 0.1) is 5.82 Å². The zero-order valence-corrected chi connectivity index (χ0v) is 16.4. The predicted molar refractivity (Wildman–Crippen MR) is 114 cm³/mol. The van der Waals surface area contributed by atoms with E-state index in [1.807, 2.05) is 48.5 Å². The molecular formula is C24H16FN5O. The maximum Gasteiger partial charge on any atom is 0.271 e. The van der Waals surface area contributed by atoms with Gasteiger partial charge in [-0.2, -0.15) is 0 Å². The van der Waals surface area contributed by atoms with Crippen LogP contribution in [0.15, 0.2) is 73.2 Å². The van der Waals surface area contributed by atoms with Crippen molar-refractivity contribution in [2.24, 2.45) is 0 Å². The van der Waals surface area contributed by atoms with Crippen LogP contribution in [-0.2, 0) is 13.1 Å². The Morgan fingerprint density at radius 3 is 2.81 bits per heavy atom. The van der Waals surface area contributed by atoms with Crippen molar-refractivity contribution in [1.29, 1.82) is 0 Å². The highest BCUT2D eigenvalue weighted by molar-refractivity contribution is 5.97. The van der Waals surface area contributed by atoms with Crippen molar-refractivity contribution in [2.45, 2.75) is 13.1 Å². The van der Waals surface area contributed by atoms with Gasteiger partial charge in [-0.25, -0.2) is 4.39 Å². The van der Waals surface area contributed by atoms with E-state index in [9.17, 15) is 9.18 Å². The minimum absolute atomic E-state index is 0.151. The summed E-state index contributed by atoms with van der Waals surface area (Å²) in [6.07, 6.45) is 3.29. The lowest BCUT2D eigenvalue weighted by Gasteiger charge is -2.17. The van der Waals surface area contributed by atoms with Crippen LogP contribution >= 0.6 is 0 Å². The molecule has 0 unspecified atom stereocenters. The van der Waals surface area contributed by atoms with Gasteiger partial charge in [0.1, 0.15) is 17.8 Å². The van der Waals surface area contributed by atoms with Gasteiger partial charge in [0.15, 0.2) is 5.65 Å². The van der Waals surface area contributed by atoms with Crippen molar-refractivity contribution >= 4 is 22.5 Å². The van der Waals surface area contributed by atoms with Crippen LogP contribution in [0.2, 0.25) is 0 Å². The van der Waals surface area contributed by atoms with Gasteiger partial charge in [0.05, 0.1) is 5.52 Å². The van der Waals surface area contributed by atoms with Crippen LogP contribution in [-0.4, -0.2) is 30.4 Å². The number of rotatable bonds is 3. The number of halogens is 1. The molecule has 7 heteroatoms. The molecule has 6 rings (SSSR count). The van der Waals surface area contributed by atoms with Gasteiger partial charge in [-0.3, -0.25) is 14.2 Å². The molecule has 6 nitrogen and oxygen atoms in total. The first kappa shape index (κ1) is 17.7. The van der Waals surface area contributed by atoms with E-state index in [0.29, 0.717) is 23.4 Å². The Morgan fingerprint density at radius 2 is 1.87 bits per heavy atom. The summed E-state index contributed by atoms with van der Waals surface area (Å²) in [7, 11) is 0. The Morgan fingerprint density at radius 1 is 1.00 bits per heavy atom. The monoisotopic (exact) mass is 409 g/mol. The van der Waals surface area contributed by atoms with E-state index in [4.69, 9.17) is 0 Å². The summed E-state index contributed by atoms with van der Waals surface area (Å²) in [5.74, 6) is -0.480. The Kier molecular flexibility index (Phi) is 3.83. The molecule has 5 aromatic rings. The number of pyridine rings is 2. The van der Waals surface area contributed by atoms with E-state index in [1.54, 1.807) is 21.6 Å². The Hall–Kier alpha value is -4.13. The highest BCUT2D eigenvalue weighted by Crippen LogP contribution is 2.29. The summed E-state index contributed by atoms with van der Waals surface area (Å²) < 4.78 is 16.4. The van der Waals surface area contributed by atoms with Gasteiger partial charge >= 0.3 is 0 Å². The zero-order valence-electron chi connectivity index (χ0n) is 16.4. The molecule has 3 aromatic heterocycles. The largest absolute Gasteiger partial charge is 0.329 e. The molecule has 0 saturated carbocycles. The van der Waals surface area contributed by atoms with E-state index >= 15 is 0 Å². The molecule has 31 heavy (non-hydrogen) atoms. The lowest BCUT2D eigenvalue weighted by atomic mass is 10.0. The molecule has 0 bridgehead atoms. The molecule has 1 aliphatic heterocycles. The van der Waals surface area contributed by atoms with Crippen molar-refractivity contribution < 1.29 is 9.18 Å². The molecule has 0 saturated heterocycles. The smallest absolute Gasteiger partial charge is 0.271 e. The molecule has 0 spiro atoms. The molecule has 1 amide bonds. The molecule has 0 atom stereocenters. The second kappa shape index (κ2) is 6.70.